The second-order valence-corrected chi connectivity index (χ2v) is 2.11. The first-order valence-electron chi connectivity index (χ1n) is 3.00. The zero-order valence-corrected chi connectivity index (χ0v) is 5.40. The fourth-order valence-electron chi connectivity index (χ4n) is 0.865. The largest absolute Gasteiger partial charge is 0.385 e. The molecule has 11 heavy (non-hydrogen) atoms. The number of carbonyl (C=O) groups is 2. The van der Waals surface area contributed by atoms with Gasteiger partial charge >= 0.3 is 11.9 Å². The summed E-state index contributed by atoms with van der Waals surface area (Å²) in [4.78, 5) is 25.3. The summed E-state index contributed by atoms with van der Waals surface area (Å²) in [5, 5.41) is 0. The van der Waals surface area contributed by atoms with Gasteiger partial charge < -0.3 is 4.74 Å². The number of aromatic nitrogens is 1. The summed E-state index contributed by atoms with van der Waals surface area (Å²) in [7, 11) is 0. The van der Waals surface area contributed by atoms with E-state index in [1.165, 1.54) is 18.3 Å². The van der Waals surface area contributed by atoms with Gasteiger partial charge in [-0.1, -0.05) is 0 Å². The Kier molecular flexibility index (Phi) is 1.03. The molecule has 1 aliphatic heterocycles. The molecule has 0 atom stereocenters. The van der Waals surface area contributed by atoms with Crippen molar-refractivity contribution in [2.24, 2.45) is 0 Å². The summed E-state index contributed by atoms with van der Waals surface area (Å²) >= 11 is 0. The maximum atomic E-state index is 10.8. The molecule has 1 aromatic heterocycles. The van der Waals surface area contributed by atoms with Crippen molar-refractivity contribution >= 4 is 11.9 Å². The third kappa shape index (κ3) is 0.797. The molecule has 0 unspecified atom stereocenters. The van der Waals surface area contributed by atoms with Gasteiger partial charge in [-0.05, 0) is 12.1 Å². The van der Waals surface area contributed by atoms with E-state index in [4.69, 9.17) is 0 Å². The molecule has 0 amide bonds. The zero-order chi connectivity index (χ0) is 7.84. The minimum absolute atomic E-state index is 0.183. The van der Waals surface area contributed by atoms with Crippen molar-refractivity contribution in [1.29, 1.82) is 0 Å². The number of pyridine rings is 1. The van der Waals surface area contributed by atoms with Crippen LogP contribution in [0.2, 0.25) is 0 Å². The van der Waals surface area contributed by atoms with E-state index in [0.717, 1.165) is 0 Å². The average Bonchev–Trinajstić information content (AvgIpc) is 2.02. The molecule has 0 N–H and O–H groups in total. The zero-order valence-electron chi connectivity index (χ0n) is 5.40. The summed E-state index contributed by atoms with van der Waals surface area (Å²) in [6, 6.07) is 2.91. The first-order chi connectivity index (χ1) is 5.27. The standard InChI is InChI=1S/C7H3NO3/c9-6-4-1-2-8-5(3-4)7(10)11-6/h1-3H. The van der Waals surface area contributed by atoms with Crippen LogP contribution in [0, 0.1) is 0 Å². The molecule has 2 heterocycles. The lowest BCUT2D eigenvalue weighted by molar-refractivity contribution is 0.0379. The molecule has 54 valence electrons. The molecule has 1 aliphatic rings. The first kappa shape index (κ1) is 6.03. The van der Waals surface area contributed by atoms with E-state index in [-0.39, 0.29) is 5.69 Å². The first-order valence-corrected chi connectivity index (χ1v) is 3.00. The predicted octanol–water partition coefficient (Wildman–Crippen LogP) is 0.392. The van der Waals surface area contributed by atoms with Gasteiger partial charge in [0.05, 0.1) is 5.56 Å². The molecule has 2 bridgehead atoms. The number of carbonyl (C=O) groups excluding carboxylic acids is 2. The van der Waals surface area contributed by atoms with Gasteiger partial charge in [0.2, 0.25) is 0 Å². The molecule has 0 aromatic carbocycles. The molecule has 2 rings (SSSR count). The normalized spacial score (nSPS) is 14.5. The molecular formula is C7H3NO3. The van der Waals surface area contributed by atoms with Gasteiger partial charge in [0.1, 0.15) is 5.69 Å². The van der Waals surface area contributed by atoms with Gasteiger partial charge in [-0.15, -0.1) is 0 Å². The van der Waals surface area contributed by atoms with Crippen LogP contribution in [0.15, 0.2) is 18.3 Å². The van der Waals surface area contributed by atoms with E-state index in [2.05, 4.69) is 9.72 Å². The Hall–Kier alpha value is -1.71. The monoisotopic (exact) mass is 149 g/mol. The van der Waals surface area contributed by atoms with Gasteiger partial charge in [-0.25, -0.2) is 14.6 Å². The van der Waals surface area contributed by atoms with Gasteiger partial charge in [0.25, 0.3) is 0 Å². The van der Waals surface area contributed by atoms with Crippen molar-refractivity contribution in [1.82, 2.24) is 4.98 Å². The molecule has 0 aliphatic carbocycles. The second kappa shape index (κ2) is 1.88. The third-order valence-corrected chi connectivity index (χ3v) is 1.39. The van der Waals surface area contributed by atoms with Crippen LogP contribution in [0.4, 0.5) is 0 Å². The third-order valence-electron chi connectivity index (χ3n) is 1.39. The van der Waals surface area contributed by atoms with Gasteiger partial charge in [-0.2, -0.15) is 0 Å². The quantitative estimate of drug-likeness (QED) is 0.395. The molecule has 1 aromatic rings. The lowest BCUT2D eigenvalue weighted by atomic mass is 10.2. The van der Waals surface area contributed by atoms with Crippen LogP contribution in [0.1, 0.15) is 20.8 Å². The highest BCUT2D eigenvalue weighted by molar-refractivity contribution is 6.06. The summed E-state index contributed by atoms with van der Waals surface area (Å²) in [5.74, 6) is -1.28. The number of fused-ring (bicyclic) bond motifs is 2. The van der Waals surface area contributed by atoms with Crippen LogP contribution in [0.3, 0.4) is 0 Å². The Balaban J connectivity index is 2.67. The van der Waals surface area contributed by atoms with Crippen molar-refractivity contribution in [2.75, 3.05) is 0 Å². The lowest BCUT2D eigenvalue weighted by Gasteiger charge is -2.08. The van der Waals surface area contributed by atoms with Crippen molar-refractivity contribution < 1.29 is 14.3 Å². The van der Waals surface area contributed by atoms with Crippen molar-refractivity contribution in [3.05, 3.63) is 29.6 Å². The van der Waals surface area contributed by atoms with Crippen LogP contribution >= 0.6 is 0 Å². The number of hydrogen-bond donors (Lipinski definition) is 0. The Morgan fingerprint density at radius 1 is 1.27 bits per heavy atom. The van der Waals surface area contributed by atoms with E-state index in [1.807, 2.05) is 0 Å². The summed E-state index contributed by atoms with van der Waals surface area (Å²) in [5.41, 5.74) is 0.553. The average molecular weight is 149 g/mol. The minimum atomic E-state index is -0.678. The fourth-order valence-corrected chi connectivity index (χ4v) is 0.865. The van der Waals surface area contributed by atoms with Crippen molar-refractivity contribution in [3.63, 3.8) is 0 Å². The summed E-state index contributed by atoms with van der Waals surface area (Å²) in [6.07, 6.45) is 1.41. The highest BCUT2D eigenvalue weighted by Crippen LogP contribution is 2.11. The second-order valence-electron chi connectivity index (χ2n) is 2.11. The molecule has 0 spiro atoms. The van der Waals surface area contributed by atoms with Crippen LogP contribution in [-0.2, 0) is 4.74 Å². The Bertz CT molecular complexity index is 316. The number of rotatable bonds is 0. The van der Waals surface area contributed by atoms with Crippen LogP contribution < -0.4 is 0 Å². The topological polar surface area (TPSA) is 56.3 Å². The lowest BCUT2D eigenvalue weighted by Crippen LogP contribution is -2.19. The van der Waals surface area contributed by atoms with Gasteiger partial charge in [0.15, 0.2) is 0 Å². The SMILES string of the molecule is O=C1OC(=O)c2cc1ccn2. The van der Waals surface area contributed by atoms with E-state index < -0.39 is 11.9 Å². The summed E-state index contributed by atoms with van der Waals surface area (Å²) < 4.78 is 4.33. The summed E-state index contributed by atoms with van der Waals surface area (Å²) in [6.45, 7) is 0. The Labute approximate surface area is 61.8 Å². The van der Waals surface area contributed by atoms with Crippen molar-refractivity contribution in [3.8, 4) is 0 Å². The smallest absolute Gasteiger partial charge is 0.364 e. The van der Waals surface area contributed by atoms with E-state index in [1.54, 1.807) is 0 Å². The number of nitrogens with zero attached hydrogens (tertiary/aromatic N) is 1. The fraction of sp³-hybridized carbons (Fsp3) is 0. The molecule has 0 fully saturated rings. The van der Waals surface area contributed by atoms with E-state index in [0.29, 0.717) is 5.56 Å². The van der Waals surface area contributed by atoms with Crippen LogP contribution in [0.25, 0.3) is 0 Å². The number of hydrogen-bond acceptors (Lipinski definition) is 4. The number of cyclic esters (lactones) is 2. The molecular weight excluding hydrogens is 146 g/mol. The maximum absolute atomic E-state index is 10.8. The Morgan fingerprint density at radius 2 is 2.09 bits per heavy atom. The molecule has 4 nitrogen and oxygen atoms in total. The number of ether oxygens (including phenoxy) is 1. The molecule has 4 heteroatoms. The molecule has 0 radical (unpaired) electrons. The molecule has 0 saturated heterocycles. The van der Waals surface area contributed by atoms with Gasteiger partial charge in [0, 0.05) is 6.20 Å². The van der Waals surface area contributed by atoms with Crippen LogP contribution in [-0.4, -0.2) is 16.9 Å². The van der Waals surface area contributed by atoms with E-state index >= 15 is 0 Å². The highest BCUT2D eigenvalue weighted by atomic mass is 16.6. The van der Waals surface area contributed by atoms with Crippen molar-refractivity contribution in [2.45, 2.75) is 0 Å². The number of esters is 2. The van der Waals surface area contributed by atoms with Crippen LogP contribution in [0.5, 0.6) is 0 Å². The highest BCUT2D eigenvalue weighted by Gasteiger charge is 2.22. The maximum Gasteiger partial charge on any atom is 0.364 e. The predicted molar refractivity (Wildman–Crippen MR) is 34.0 cm³/mol. The Morgan fingerprint density at radius 3 is 2.91 bits per heavy atom. The molecule has 0 saturated carbocycles. The van der Waals surface area contributed by atoms with E-state index in [9.17, 15) is 9.59 Å². The minimum Gasteiger partial charge on any atom is -0.385 e. The van der Waals surface area contributed by atoms with Gasteiger partial charge in [-0.3, -0.25) is 0 Å².